The van der Waals surface area contributed by atoms with E-state index >= 15 is 0 Å². The summed E-state index contributed by atoms with van der Waals surface area (Å²) in [6.45, 7) is 10.2. The van der Waals surface area contributed by atoms with Gasteiger partial charge in [-0.3, -0.25) is 4.90 Å². The van der Waals surface area contributed by atoms with Crippen molar-refractivity contribution in [2.24, 2.45) is 0 Å². The lowest BCUT2D eigenvalue weighted by atomic mass is 9.91. The highest BCUT2D eigenvalue weighted by atomic mass is 79.9. The Bertz CT molecular complexity index is 515. The molecule has 0 radical (unpaired) electrons. The molecule has 0 spiro atoms. The number of piperazine rings is 1. The van der Waals surface area contributed by atoms with E-state index in [1.807, 2.05) is 0 Å². The lowest BCUT2D eigenvalue weighted by Crippen LogP contribution is -2.65. The molecule has 2 nitrogen and oxygen atoms in total. The summed E-state index contributed by atoms with van der Waals surface area (Å²) < 4.78 is 28.4. The van der Waals surface area contributed by atoms with Crippen LogP contribution in [-0.2, 0) is 6.54 Å². The molecule has 0 saturated carbocycles. The smallest absolute Gasteiger partial charge is 0.144 e. The first-order valence-electron chi connectivity index (χ1n) is 6.75. The van der Waals surface area contributed by atoms with Gasteiger partial charge in [0.1, 0.15) is 11.6 Å². The van der Waals surface area contributed by atoms with E-state index < -0.39 is 11.6 Å². The molecule has 0 bridgehead atoms. The zero-order valence-electron chi connectivity index (χ0n) is 12.4. The lowest BCUT2D eigenvalue weighted by Gasteiger charge is -2.49. The molecule has 1 fully saturated rings. The maximum Gasteiger partial charge on any atom is 0.144 e. The van der Waals surface area contributed by atoms with Gasteiger partial charge in [0.25, 0.3) is 0 Å². The van der Waals surface area contributed by atoms with Crippen molar-refractivity contribution in [3.05, 3.63) is 33.8 Å². The van der Waals surface area contributed by atoms with E-state index in [4.69, 9.17) is 0 Å². The molecule has 0 aliphatic carbocycles. The maximum atomic E-state index is 14.1. The third-order valence-electron chi connectivity index (χ3n) is 3.93. The Morgan fingerprint density at radius 2 is 1.90 bits per heavy atom. The standard InChI is InChI=1S/C15H21BrF2N2/c1-14(2)9-20(15(3,4)8-19-14)7-10-12(17)6-5-11(16)13(10)18/h5-6,19H,7-9H2,1-4H3. The van der Waals surface area contributed by atoms with Crippen molar-refractivity contribution in [1.29, 1.82) is 0 Å². The highest BCUT2D eigenvalue weighted by Gasteiger charge is 2.38. The van der Waals surface area contributed by atoms with Crippen LogP contribution in [0.5, 0.6) is 0 Å². The summed E-state index contributed by atoms with van der Waals surface area (Å²) in [4.78, 5) is 2.14. The van der Waals surface area contributed by atoms with Crippen molar-refractivity contribution < 1.29 is 8.78 Å². The number of benzene rings is 1. The van der Waals surface area contributed by atoms with E-state index in [0.717, 1.165) is 13.1 Å². The topological polar surface area (TPSA) is 15.3 Å². The van der Waals surface area contributed by atoms with Crippen LogP contribution in [0, 0.1) is 11.6 Å². The fourth-order valence-electron chi connectivity index (χ4n) is 2.49. The van der Waals surface area contributed by atoms with Crippen molar-refractivity contribution in [2.75, 3.05) is 13.1 Å². The van der Waals surface area contributed by atoms with E-state index in [0.29, 0.717) is 4.47 Å². The molecule has 20 heavy (non-hydrogen) atoms. The Balaban J connectivity index is 2.30. The number of hydrogen-bond donors (Lipinski definition) is 1. The van der Waals surface area contributed by atoms with Gasteiger partial charge in [0.15, 0.2) is 0 Å². The van der Waals surface area contributed by atoms with Crippen LogP contribution in [0.2, 0.25) is 0 Å². The number of nitrogens with one attached hydrogen (secondary N) is 1. The molecule has 0 amide bonds. The number of halogens is 3. The van der Waals surface area contributed by atoms with Crippen molar-refractivity contribution in [3.8, 4) is 0 Å². The second-order valence-electron chi connectivity index (χ2n) is 6.73. The molecule has 112 valence electrons. The first kappa shape index (κ1) is 15.9. The average molecular weight is 347 g/mol. The molecule has 1 saturated heterocycles. The Morgan fingerprint density at radius 1 is 1.25 bits per heavy atom. The number of hydrogen-bond acceptors (Lipinski definition) is 2. The molecule has 0 unspecified atom stereocenters. The normalized spacial score (nSPS) is 21.9. The third kappa shape index (κ3) is 3.21. The summed E-state index contributed by atoms with van der Waals surface area (Å²) in [6, 6.07) is 2.71. The van der Waals surface area contributed by atoms with Gasteiger partial charge in [-0.15, -0.1) is 0 Å². The summed E-state index contributed by atoms with van der Waals surface area (Å²) in [7, 11) is 0. The minimum absolute atomic E-state index is 0.0610. The van der Waals surface area contributed by atoms with Gasteiger partial charge in [0, 0.05) is 36.3 Å². The minimum Gasteiger partial charge on any atom is -0.309 e. The Kier molecular flexibility index (Phi) is 4.24. The van der Waals surface area contributed by atoms with E-state index in [-0.39, 0.29) is 23.2 Å². The molecule has 0 aromatic heterocycles. The summed E-state index contributed by atoms with van der Waals surface area (Å²) >= 11 is 3.12. The molecule has 5 heteroatoms. The molecule has 1 aromatic rings. The predicted molar refractivity (Wildman–Crippen MR) is 80.6 cm³/mol. The summed E-state index contributed by atoms with van der Waals surface area (Å²) in [6.07, 6.45) is 0. The van der Waals surface area contributed by atoms with Gasteiger partial charge in [-0.25, -0.2) is 8.78 Å². The van der Waals surface area contributed by atoms with Crippen molar-refractivity contribution in [1.82, 2.24) is 10.2 Å². The first-order chi connectivity index (χ1) is 9.12. The quantitative estimate of drug-likeness (QED) is 0.821. The Labute approximate surface area is 127 Å². The van der Waals surface area contributed by atoms with Crippen LogP contribution < -0.4 is 5.32 Å². The lowest BCUT2D eigenvalue weighted by molar-refractivity contribution is 0.0306. The fraction of sp³-hybridized carbons (Fsp3) is 0.600. The summed E-state index contributed by atoms with van der Waals surface area (Å²) in [5, 5.41) is 3.47. The zero-order chi connectivity index (χ0) is 15.1. The highest BCUT2D eigenvalue weighted by Crippen LogP contribution is 2.29. The molecule has 1 heterocycles. The van der Waals surface area contributed by atoms with Gasteiger partial charge in [-0.2, -0.15) is 0 Å². The second kappa shape index (κ2) is 5.35. The van der Waals surface area contributed by atoms with Crippen LogP contribution in [0.4, 0.5) is 8.78 Å². The van der Waals surface area contributed by atoms with Gasteiger partial charge < -0.3 is 5.32 Å². The van der Waals surface area contributed by atoms with Gasteiger partial charge in [-0.1, -0.05) is 0 Å². The third-order valence-corrected chi connectivity index (χ3v) is 4.54. The van der Waals surface area contributed by atoms with Crippen LogP contribution in [0.25, 0.3) is 0 Å². The Hall–Kier alpha value is -0.520. The fourth-order valence-corrected chi connectivity index (χ4v) is 2.86. The number of rotatable bonds is 2. The molecule has 1 aromatic carbocycles. The Morgan fingerprint density at radius 3 is 2.55 bits per heavy atom. The van der Waals surface area contributed by atoms with Crippen molar-refractivity contribution in [3.63, 3.8) is 0 Å². The van der Waals surface area contributed by atoms with Crippen LogP contribution in [-0.4, -0.2) is 29.1 Å². The van der Waals surface area contributed by atoms with Crippen molar-refractivity contribution in [2.45, 2.75) is 45.3 Å². The van der Waals surface area contributed by atoms with E-state index in [1.165, 1.54) is 12.1 Å². The summed E-state index contributed by atoms with van der Waals surface area (Å²) in [5.74, 6) is -0.991. The molecule has 1 aliphatic heterocycles. The van der Waals surface area contributed by atoms with Gasteiger partial charge in [-0.05, 0) is 55.8 Å². The molecular formula is C15H21BrF2N2. The van der Waals surface area contributed by atoms with Gasteiger partial charge in [0.05, 0.1) is 4.47 Å². The van der Waals surface area contributed by atoms with Gasteiger partial charge in [0.2, 0.25) is 0 Å². The van der Waals surface area contributed by atoms with Crippen LogP contribution in [0.1, 0.15) is 33.3 Å². The molecule has 0 atom stereocenters. The van der Waals surface area contributed by atoms with E-state index in [9.17, 15) is 8.78 Å². The van der Waals surface area contributed by atoms with Crippen LogP contribution >= 0.6 is 15.9 Å². The molecule has 1 N–H and O–H groups in total. The zero-order valence-corrected chi connectivity index (χ0v) is 13.9. The minimum atomic E-state index is -0.503. The van der Waals surface area contributed by atoms with Crippen LogP contribution in [0.15, 0.2) is 16.6 Å². The van der Waals surface area contributed by atoms with E-state index in [1.54, 1.807) is 0 Å². The van der Waals surface area contributed by atoms with Crippen LogP contribution in [0.3, 0.4) is 0 Å². The average Bonchev–Trinajstić information content (AvgIpc) is 2.34. The summed E-state index contributed by atoms with van der Waals surface area (Å²) in [5.41, 5.74) is -0.0734. The SMILES string of the molecule is CC1(C)CN(Cc2c(F)ccc(Br)c2F)C(C)(C)CN1. The largest absolute Gasteiger partial charge is 0.309 e. The second-order valence-corrected chi connectivity index (χ2v) is 7.58. The first-order valence-corrected chi connectivity index (χ1v) is 7.54. The molecule has 1 aliphatic rings. The monoisotopic (exact) mass is 346 g/mol. The number of nitrogens with zero attached hydrogens (tertiary/aromatic N) is 1. The maximum absolute atomic E-state index is 14.1. The molecule has 2 rings (SSSR count). The highest BCUT2D eigenvalue weighted by molar-refractivity contribution is 9.10. The van der Waals surface area contributed by atoms with Gasteiger partial charge >= 0.3 is 0 Å². The van der Waals surface area contributed by atoms with E-state index in [2.05, 4.69) is 53.8 Å². The predicted octanol–water partition coefficient (Wildman–Crippen LogP) is 3.69. The van der Waals surface area contributed by atoms with Crippen molar-refractivity contribution >= 4 is 15.9 Å². The molecular weight excluding hydrogens is 326 g/mol.